The lowest BCUT2D eigenvalue weighted by molar-refractivity contribution is -0.187. The largest absolute Gasteiger partial charge is 0.479 e. The Morgan fingerprint density at radius 1 is 1.50 bits per heavy atom. The molecule has 104 valence electrons. The molecule has 5 N–H and O–H groups in total. The van der Waals surface area contributed by atoms with E-state index in [0.717, 1.165) is 0 Å². The quantitative estimate of drug-likeness (QED) is 0.376. The van der Waals surface area contributed by atoms with E-state index in [-0.39, 0.29) is 6.42 Å². The minimum Gasteiger partial charge on any atom is -0.479 e. The zero-order chi connectivity index (χ0) is 13.9. The molecule has 5 atom stereocenters. The number of aliphatic carboxylic acids is 1. The molecule has 0 saturated carbocycles. The smallest absolute Gasteiger partial charge is 0.332 e. The Morgan fingerprint density at radius 2 is 2.11 bits per heavy atom. The lowest BCUT2D eigenvalue weighted by atomic mass is 9.92. The van der Waals surface area contributed by atoms with E-state index in [9.17, 15) is 19.8 Å². The van der Waals surface area contributed by atoms with Gasteiger partial charge in [0.05, 0.1) is 18.8 Å². The summed E-state index contributed by atoms with van der Waals surface area (Å²) in [5, 5.41) is 39.4. The van der Waals surface area contributed by atoms with E-state index in [1.807, 2.05) is 0 Å². The second-order valence-electron chi connectivity index (χ2n) is 4.21. The predicted octanol–water partition coefficient (Wildman–Crippen LogP) is -2.55. The third-order valence-electron chi connectivity index (χ3n) is 2.76. The minimum absolute atomic E-state index is 0.199. The highest BCUT2D eigenvalue weighted by atomic mass is 16.5. The molecule has 0 aliphatic carbocycles. The van der Waals surface area contributed by atoms with Crippen LogP contribution in [0, 0.1) is 0 Å². The van der Waals surface area contributed by atoms with Crippen LogP contribution in [-0.4, -0.2) is 69.4 Å². The van der Waals surface area contributed by atoms with Gasteiger partial charge in [-0.15, -0.1) is 0 Å². The molecule has 1 fully saturated rings. The van der Waals surface area contributed by atoms with Crippen LogP contribution in [0.1, 0.15) is 13.3 Å². The van der Waals surface area contributed by atoms with Crippen LogP contribution in [0.4, 0.5) is 0 Å². The minimum atomic E-state index is -1.39. The molecule has 1 rings (SSSR count). The predicted molar refractivity (Wildman–Crippen MR) is 57.6 cm³/mol. The maximum atomic E-state index is 11.0. The fraction of sp³-hybridized carbons (Fsp3) is 0.800. The summed E-state index contributed by atoms with van der Waals surface area (Å²) in [4.78, 5) is 21.8. The fourth-order valence-corrected chi connectivity index (χ4v) is 1.92. The molecule has 0 aromatic rings. The molecule has 1 aliphatic rings. The van der Waals surface area contributed by atoms with Crippen molar-refractivity contribution in [2.45, 2.75) is 43.8 Å². The standard InChI is InChI=1S/C10H17NO7/c1-4(13)11-8-5(14)2-7(10(16)17)18-9(8)6(15)3-12/h5-9,12,14-15H,2-3H2,1H3,(H,11,13)(H,16,17)/t5-,6+,7+,8+,9-/m0/s1. The van der Waals surface area contributed by atoms with Crippen molar-refractivity contribution in [3.63, 3.8) is 0 Å². The molecule has 18 heavy (non-hydrogen) atoms. The van der Waals surface area contributed by atoms with Crippen molar-refractivity contribution in [2.75, 3.05) is 6.61 Å². The van der Waals surface area contributed by atoms with Gasteiger partial charge in [0.1, 0.15) is 12.2 Å². The summed E-state index contributed by atoms with van der Waals surface area (Å²) in [6.45, 7) is 0.554. The van der Waals surface area contributed by atoms with Crippen LogP contribution in [0.3, 0.4) is 0 Å². The highest BCUT2D eigenvalue weighted by Crippen LogP contribution is 2.23. The Labute approximate surface area is 103 Å². The summed E-state index contributed by atoms with van der Waals surface area (Å²) in [5.41, 5.74) is 0. The maximum Gasteiger partial charge on any atom is 0.332 e. The molecule has 0 aromatic heterocycles. The molecular formula is C10H17NO7. The second-order valence-corrected chi connectivity index (χ2v) is 4.21. The first-order valence-corrected chi connectivity index (χ1v) is 5.49. The van der Waals surface area contributed by atoms with E-state index in [1.54, 1.807) is 0 Å². The van der Waals surface area contributed by atoms with Crippen LogP contribution < -0.4 is 5.32 Å². The molecule has 1 saturated heterocycles. The van der Waals surface area contributed by atoms with Crippen LogP contribution >= 0.6 is 0 Å². The zero-order valence-electron chi connectivity index (χ0n) is 9.81. The number of hydrogen-bond donors (Lipinski definition) is 5. The third-order valence-corrected chi connectivity index (χ3v) is 2.76. The number of carbonyl (C=O) groups excluding carboxylic acids is 1. The van der Waals surface area contributed by atoms with Crippen molar-refractivity contribution in [3.8, 4) is 0 Å². The van der Waals surface area contributed by atoms with E-state index in [0.29, 0.717) is 0 Å². The Hall–Kier alpha value is -1.22. The number of carboxylic acids is 1. The number of amides is 1. The van der Waals surface area contributed by atoms with Gasteiger partial charge >= 0.3 is 5.97 Å². The third kappa shape index (κ3) is 3.39. The van der Waals surface area contributed by atoms with Gasteiger partial charge in [0, 0.05) is 13.3 Å². The highest BCUT2D eigenvalue weighted by molar-refractivity contribution is 5.74. The summed E-state index contributed by atoms with van der Waals surface area (Å²) < 4.78 is 5.10. The molecular weight excluding hydrogens is 246 g/mol. The van der Waals surface area contributed by atoms with E-state index in [4.69, 9.17) is 14.9 Å². The van der Waals surface area contributed by atoms with Gasteiger partial charge in [-0.1, -0.05) is 0 Å². The lowest BCUT2D eigenvalue weighted by Gasteiger charge is -2.40. The van der Waals surface area contributed by atoms with Gasteiger partial charge in [0.25, 0.3) is 0 Å². The Balaban J connectivity index is 2.86. The summed E-state index contributed by atoms with van der Waals surface area (Å²) >= 11 is 0. The molecule has 0 aromatic carbocycles. The Kier molecular flexibility index (Phi) is 5.03. The first-order chi connectivity index (χ1) is 8.36. The monoisotopic (exact) mass is 263 g/mol. The lowest BCUT2D eigenvalue weighted by Crippen LogP contribution is -2.62. The first kappa shape index (κ1) is 14.8. The number of carbonyl (C=O) groups is 2. The number of aliphatic hydroxyl groups excluding tert-OH is 3. The van der Waals surface area contributed by atoms with Crippen molar-refractivity contribution >= 4 is 11.9 Å². The number of nitrogens with one attached hydrogen (secondary N) is 1. The fourth-order valence-electron chi connectivity index (χ4n) is 1.92. The van der Waals surface area contributed by atoms with Gasteiger partial charge < -0.3 is 30.5 Å². The summed E-state index contributed by atoms with van der Waals surface area (Å²) in [5.74, 6) is -1.72. The molecule has 1 heterocycles. The van der Waals surface area contributed by atoms with Crippen LogP contribution in [-0.2, 0) is 14.3 Å². The summed E-state index contributed by atoms with van der Waals surface area (Å²) in [7, 11) is 0. The van der Waals surface area contributed by atoms with Crippen molar-refractivity contribution in [2.24, 2.45) is 0 Å². The molecule has 0 spiro atoms. The zero-order valence-corrected chi connectivity index (χ0v) is 9.81. The van der Waals surface area contributed by atoms with Crippen molar-refractivity contribution in [3.05, 3.63) is 0 Å². The molecule has 8 nitrogen and oxygen atoms in total. The Morgan fingerprint density at radius 3 is 2.56 bits per heavy atom. The normalized spacial score (nSPS) is 33.8. The van der Waals surface area contributed by atoms with E-state index in [2.05, 4.69) is 5.32 Å². The molecule has 1 amide bonds. The van der Waals surface area contributed by atoms with E-state index in [1.165, 1.54) is 6.92 Å². The topological polar surface area (TPSA) is 136 Å². The number of hydrogen-bond acceptors (Lipinski definition) is 6. The average molecular weight is 263 g/mol. The van der Waals surface area contributed by atoms with Crippen LogP contribution in [0.5, 0.6) is 0 Å². The SMILES string of the molecule is CC(=O)N[C@H]1[C@H]([C@H](O)CO)O[C@@H](C(=O)O)C[C@@H]1O. The number of rotatable bonds is 4. The second kappa shape index (κ2) is 6.10. The Bertz CT molecular complexity index is 321. The number of ether oxygens (including phenoxy) is 1. The summed E-state index contributed by atoms with van der Waals surface area (Å²) in [6.07, 6.45) is -5.22. The molecule has 8 heteroatoms. The van der Waals surface area contributed by atoms with Gasteiger partial charge in [0.2, 0.25) is 5.91 Å². The van der Waals surface area contributed by atoms with Gasteiger partial charge in [-0.3, -0.25) is 4.79 Å². The molecule has 0 unspecified atom stereocenters. The van der Waals surface area contributed by atoms with Crippen molar-refractivity contribution in [1.82, 2.24) is 5.32 Å². The molecule has 0 bridgehead atoms. The van der Waals surface area contributed by atoms with Gasteiger partial charge in [-0.2, -0.15) is 0 Å². The highest BCUT2D eigenvalue weighted by Gasteiger charge is 2.44. The van der Waals surface area contributed by atoms with Gasteiger partial charge in [-0.05, 0) is 0 Å². The van der Waals surface area contributed by atoms with E-state index >= 15 is 0 Å². The molecule has 0 radical (unpaired) electrons. The first-order valence-electron chi connectivity index (χ1n) is 5.49. The van der Waals surface area contributed by atoms with Crippen molar-refractivity contribution in [1.29, 1.82) is 0 Å². The maximum absolute atomic E-state index is 11.0. The van der Waals surface area contributed by atoms with Crippen LogP contribution in [0.2, 0.25) is 0 Å². The number of aliphatic hydroxyl groups is 3. The van der Waals surface area contributed by atoms with Crippen LogP contribution in [0.25, 0.3) is 0 Å². The van der Waals surface area contributed by atoms with Crippen LogP contribution in [0.15, 0.2) is 0 Å². The average Bonchev–Trinajstić information content (AvgIpc) is 2.29. The number of carboxylic acid groups (broad SMARTS) is 1. The summed E-state index contributed by atoms with van der Waals surface area (Å²) in [6, 6.07) is -0.958. The van der Waals surface area contributed by atoms with Gasteiger partial charge in [0.15, 0.2) is 6.10 Å². The van der Waals surface area contributed by atoms with Gasteiger partial charge in [-0.25, -0.2) is 4.79 Å². The van der Waals surface area contributed by atoms with Crippen molar-refractivity contribution < 1.29 is 34.8 Å². The van der Waals surface area contributed by atoms with E-state index < -0.39 is 48.9 Å². The molecule has 1 aliphatic heterocycles.